The van der Waals surface area contributed by atoms with Gasteiger partial charge in [0.2, 0.25) is 0 Å². The number of methoxy groups -OCH3 is 1. The van der Waals surface area contributed by atoms with Gasteiger partial charge in [-0.15, -0.1) is 0 Å². The minimum Gasteiger partial charge on any atom is -0.496 e. The normalized spacial score (nSPS) is 14.8. The number of nitrogens with zero attached hydrogens (tertiary/aromatic N) is 1. The van der Waals surface area contributed by atoms with Crippen molar-refractivity contribution >= 4 is 11.6 Å². The Labute approximate surface area is 155 Å². The van der Waals surface area contributed by atoms with Gasteiger partial charge in [0.1, 0.15) is 22.3 Å². The monoisotopic (exact) mass is 387 g/mol. The molecule has 142 valence electrons. The Hall–Kier alpha value is -1.79. The number of ether oxygens (including phenoxy) is 1. The van der Waals surface area contributed by atoms with E-state index in [0.29, 0.717) is 5.56 Å². The van der Waals surface area contributed by atoms with Crippen LogP contribution in [0.15, 0.2) is 36.5 Å². The largest absolute Gasteiger partial charge is 0.496 e. The average Bonchev–Trinajstić information content (AvgIpc) is 2.54. The Morgan fingerprint density at radius 2 is 1.81 bits per heavy atom. The summed E-state index contributed by atoms with van der Waals surface area (Å²) in [5, 5.41) is 10.8. The third kappa shape index (κ3) is 3.67. The van der Waals surface area contributed by atoms with E-state index >= 15 is 8.78 Å². The maximum atomic E-state index is 15.4. The fourth-order valence-electron chi connectivity index (χ4n) is 3.07. The van der Waals surface area contributed by atoms with E-state index in [2.05, 4.69) is 4.98 Å². The quantitative estimate of drug-likeness (QED) is 0.725. The number of pyridine rings is 1. The molecule has 2 rings (SSSR count). The topological polar surface area (TPSA) is 42.4 Å². The molecule has 0 saturated heterocycles. The summed E-state index contributed by atoms with van der Waals surface area (Å²) in [7, 11) is 1.32. The highest BCUT2D eigenvalue weighted by Crippen LogP contribution is 2.49. The lowest BCUT2D eigenvalue weighted by Gasteiger charge is -2.44. The van der Waals surface area contributed by atoms with Gasteiger partial charge in [-0.25, -0.2) is 18.2 Å². The Bertz CT molecular complexity index is 794. The Kier molecular flexibility index (Phi) is 5.59. The number of rotatable bonds is 6. The molecule has 3 nitrogen and oxygen atoms in total. The van der Waals surface area contributed by atoms with Crippen molar-refractivity contribution in [2.45, 2.75) is 44.1 Å². The van der Waals surface area contributed by atoms with Crippen LogP contribution < -0.4 is 4.74 Å². The summed E-state index contributed by atoms with van der Waals surface area (Å²) in [4.78, 5) is 3.80. The van der Waals surface area contributed by atoms with Gasteiger partial charge in [0.05, 0.1) is 12.5 Å². The number of hydrogen-bond donors (Lipinski definition) is 1. The van der Waals surface area contributed by atoms with Gasteiger partial charge in [0.15, 0.2) is 0 Å². The van der Waals surface area contributed by atoms with Crippen molar-refractivity contribution in [1.29, 1.82) is 0 Å². The van der Waals surface area contributed by atoms with Crippen molar-refractivity contribution in [3.05, 3.63) is 58.6 Å². The fourth-order valence-corrected chi connectivity index (χ4v) is 3.27. The second-order valence-electron chi connectivity index (χ2n) is 6.98. The SMILES string of the molecule is COc1ccc(F)cc1C(C)(C)C(F)(F)C(C)(O)Cc1ccnc(Cl)c1. The molecule has 1 atom stereocenters. The number of aromatic nitrogens is 1. The predicted molar refractivity (Wildman–Crippen MR) is 94.5 cm³/mol. The zero-order valence-electron chi connectivity index (χ0n) is 15.0. The third-order valence-corrected chi connectivity index (χ3v) is 4.84. The smallest absolute Gasteiger partial charge is 0.285 e. The molecule has 1 N–H and O–H groups in total. The molecule has 0 bridgehead atoms. The first-order chi connectivity index (χ1) is 11.9. The molecule has 26 heavy (non-hydrogen) atoms. The van der Waals surface area contributed by atoms with E-state index in [9.17, 15) is 9.50 Å². The lowest BCUT2D eigenvalue weighted by Crippen LogP contribution is -2.58. The van der Waals surface area contributed by atoms with Crippen LogP contribution in [0.1, 0.15) is 31.9 Å². The zero-order valence-corrected chi connectivity index (χ0v) is 15.7. The summed E-state index contributed by atoms with van der Waals surface area (Å²) in [5.41, 5.74) is -3.96. The van der Waals surface area contributed by atoms with E-state index in [4.69, 9.17) is 16.3 Å². The van der Waals surface area contributed by atoms with Gasteiger partial charge in [0, 0.05) is 18.2 Å². The van der Waals surface area contributed by atoms with E-state index in [1.165, 1.54) is 45.4 Å². The molecule has 1 aromatic carbocycles. The van der Waals surface area contributed by atoms with Crippen LogP contribution in [-0.4, -0.2) is 28.7 Å². The van der Waals surface area contributed by atoms with Crippen molar-refractivity contribution in [3.63, 3.8) is 0 Å². The van der Waals surface area contributed by atoms with Crippen LogP contribution in [0.5, 0.6) is 5.75 Å². The molecule has 0 amide bonds. The van der Waals surface area contributed by atoms with Crippen molar-refractivity contribution in [3.8, 4) is 5.75 Å². The summed E-state index contributed by atoms with van der Waals surface area (Å²) < 4.78 is 49.7. The summed E-state index contributed by atoms with van der Waals surface area (Å²) in [6.07, 6.45) is 1.02. The molecule has 0 aliphatic carbocycles. The van der Waals surface area contributed by atoms with Crippen LogP contribution in [0.4, 0.5) is 13.2 Å². The standard InChI is InChI=1S/C19H21ClF3NO2/c1-17(2,14-10-13(21)5-6-15(14)26-4)19(22,23)18(3,25)11-12-7-8-24-16(20)9-12/h5-10,25H,11H2,1-4H3. The minimum atomic E-state index is -3.63. The summed E-state index contributed by atoms with van der Waals surface area (Å²) in [6.45, 7) is 3.55. The molecule has 1 heterocycles. The average molecular weight is 388 g/mol. The van der Waals surface area contributed by atoms with Gasteiger partial charge in [-0.1, -0.05) is 11.6 Å². The maximum absolute atomic E-state index is 15.4. The molecule has 7 heteroatoms. The Morgan fingerprint density at radius 1 is 1.15 bits per heavy atom. The van der Waals surface area contributed by atoms with E-state index < -0.39 is 22.8 Å². The predicted octanol–water partition coefficient (Wildman–Crippen LogP) is 4.79. The number of aliphatic hydroxyl groups is 1. The first-order valence-electron chi connectivity index (χ1n) is 7.97. The Balaban J connectivity index is 2.47. The highest BCUT2D eigenvalue weighted by molar-refractivity contribution is 6.29. The molecule has 0 aliphatic rings. The molecule has 2 aromatic rings. The van der Waals surface area contributed by atoms with Gasteiger partial charge in [-0.05, 0) is 56.7 Å². The van der Waals surface area contributed by atoms with Gasteiger partial charge in [-0.2, -0.15) is 0 Å². The number of benzene rings is 1. The summed E-state index contributed by atoms with van der Waals surface area (Å²) in [5.74, 6) is -4.17. The third-order valence-electron chi connectivity index (χ3n) is 4.64. The molecule has 0 aliphatic heterocycles. The molecule has 0 fully saturated rings. The van der Waals surface area contributed by atoms with Gasteiger partial charge in [0.25, 0.3) is 5.92 Å². The van der Waals surface area contributed by atoms with E-state index in [-0.39, 0.29) is 22.9 Å². The molecular weight excluding hydrogens is 367 g/mol. The highest BCUT2D eigenvalue weighted by Gasteiger charge is 2.60. The van der Waals surface area contributed by atoms with E-state index in [1.54, 1.807) is 0 Å². The number of alkyl halides is 2. The van der Waals surface area contributed by atoms with Crippen molar-refractivity contribution in [2.24, 2.45) is 0 Å². The van der Waals surface area contributed by atoms with Crippen LogP contribution in [0.3, 0.4) is 0 Å². The summed E-state index contributed by atoms with van der Waals surface area (Å²) in [6, 6.07) is 6.35. The minimum absolute atomic E-state index is 0.0296. The maximum Gasteiger partial charge on any atom is 0.285 e. The van der Waals surface area contributed by atoms with Crippen LogP contribution in [0.2, 0.25) is 5.15 Å². The summed E-state index contributed by atoms with van der Waals surface area (Å²) >= 11 is 5.79. The van der Waals surface area contributed by atoms with Crippen molar-refractivity contribution in [1.82, 2.24) is 4.98 Å². The molecule has 0 spiro atoms. The first kappa shape index (κ1) is 20.5. The first-order valence-corrected chi connectivity index (χ1v) is 8.35. The van der Waals surface area contributed by atoms with E-state index in [1.807, 2.05) is 0 Å². The second-order valence-corrected chi connectivity index (χ2v) is 7.37. The lowest BCUT2D eigenvalue weighted by molar-refractivity contribution is -0.207. The molecule has 1 aromatic heterocycles. The highest BCUT2D eigenvalue weighted by atomic mass is 35.5. The zero-order chi connectivity index (χ0) is 19.8. The van der Waals surface area contributed by atoms with Gasteiger partial charge >= 0.3 is 0 Å². The fraction of sp³-hybridized carbons (Fsp3) is 0.421. The Morgan fingerprint density at radius 3 is 2.38 bits per heavy atom. The number of halogens is 4. The molecule has 0 radical (unpaired) electrons. The van der Waals surface area contributed by atoms with Crippen molar-refractivity contribution in [2.75, 3.05) is 7.11 Å². The van der Waals surface area contributed by atoms with Crippen LogP contribution >= 0.6 is 11.6 Å². The van der Waals surface area contributed by atoms with Crippen LogP contribution in [0.25, 0.3) is 0 Å². The van der Waals surface area contributed by atoms with Crippen molar-refractivity contribution < 1.29 is 23.0 Å². The molecule has 1 unspecified atom stereocenters. The van der Waals surface area contributed by atoms with E-state index in [0.717, 1.165) is 19.1 Å². The van der Waals surface area contributed by atoms with Crippen LogP contribution in [-0.2, 0) is 11.8 Å². The molecule has 0 saturated carbocycles. The van der Waals surface area contributed by atoms with Gasteiger partial charge in [-0.3, -0.25) is 0 Å². The van der Waals surface area contributed by atoms with Crippen LogP contribution in [0, 0.1) is 5.82 Å². The lowest BCUT2D eigenvalue weighted by atomic mass is 9.70. The molecular formula is C19H21ClF3NO2. The van der Waals surface area contributed by atoms with Gasteiger partial charge < -0.3 is 9.84 Å². The number of hydrogen-bond acceptors (Lipinski definition) is 3. The second kappa shape index (κ2) is 7.08.